The molecule has 0 saturated heterocycles. The summed E-state index contributed by atoms with van der Waals surface area (Å²) >= 11 is 0. The van der Waals surface area contributed by atoms with Gasteiger partial charge in [0.15, 0.2) is 5.65 Å². The molecule has 0 aliphatic rings. The Hall–Kier alpha value is -4.72. The minimum atomic E-state index is -0.450. The van der Waals surface area contributed by atoms with Gasteiger partial charge >= 0.3 is 0 Å². The number of tetrazole rings is 1. The Morgan fingerprint density at radius 1 is 1.12 bits per heavy atom. The Morgan fingerprint density at radius 3 is 2.85 bits per heavy atom. The Bertz CT molecular complexity index is 1470. The number of ether oxygens (including phenoxy) is 1. The number of imidazole rings is 1. The molecule has 1 atom stereocenters. The molecule has 0 saturated carbocycles. The van der Waals surface area contributed by atoms with E-state index < -0.39 is 5.82 Å². The van der Waals surface area contributed by atoms with Crippen LogP contribution in [0.2, 0.25) is 0 Å². The van der Waals surface area contributed by atoms with E-state index >= 15 is 0 Å². The number of fused-ring (bicyclic) bond motifs is 1. The lowest BCUT2D eigenvalue weighted by Gasteiger charge is -2.14. The zero-order valence-electron chi connectivity index (χ0n) is 17.4. The van der Waals surface area contributed by atoms with Crippen molar-refractivity contribution in [2.75, 3.05) is 0 Å². The van der Waals surface area contributed by atoms with Crippen molar-refractivity contribution in [2.24, 2.45) is 0 Å². The van der Waals surface area contributed by atoms with Crippen LogP contribution in [-0.2, 0) is 6.54 Å². The highest BCUT2D eigenvalue weighted by molar-refractivity contribution is 5.78. The summed E-state index contributed by atoms with van der Waals surface area (Å²) < 4.78 is 23.0. The number of rotatable bonds is 6. The number of nitrogens with zero attached hydrogens (tertiary/aromatic N) is 9. The van der Waals surface area contributed by atoms with E-state index in [9.17, 15) is 9.65 Å². The molecule has 0 aliphatic carbocycles. The Balaban J connectivity index is 1.48. The summed E-state index contributed by atoms with van der Waals surface area (Å²) in [7, 11) is 0. The lowest BCUT2D eigenvalue weighted by molar-refractivity contribution is 0.185. The van der Waals surface area contributed by atoms with Crippen molar-refractivity contribution >= 4 is 11.2 Å². The summed E-state index contributed by atoms with van der Waals surface area (Å²) in [4.78, 5) is 13.3. The molecule has 5 aromatic rings. The SMILES string of the molecule is C[C@@H](Cn1cnnn1)Oc1cc(-c2ccc3ncn(-c4cc(F)ccc4C#N)c3n2)ccn1. The van der Waals surface area contributed by atoms with Crippen molar-refractivity contribution < 1.29 is 9.13 Å². The van der Waals surface area contributed by atoms with Crippen molar-refractivity contribution in [3.05, 3.63) is 72.7 Å². The quantitative estimate of drug-likeness (QED) is 0.394. The maximum absolute atomic E-state index is 13.9. The van der Waals surface area contributed by atoms with E-state index in [0.717, 1.165) is 5.56 Å². The van der Waals surface area contributed by atoms with Crippen LogP contribution in [0, 0.1) is 17.1 Å². The topological polar surface area (TPSA) is 120 Å². The van der Waals surface area contributed by atoms with E-state index in [4.69, 9.17) is 9.72 Å². The van der Waals surface area contributed by atoms with Gasteiger partial charge < -0.3 is 4.74 Å². The van der Waals surface area contributed by atoms with E-state index in [1.54, 1.807) is 21.5 Å². The first-order valence-electron chi connectivity index (χ1n) is 9.98. The second kappa shape index (κ2) is 8.43. The van der Waals surface area contributed by atoms with Gasteiger partial charge in [-0.3, -0.25) is 4.57 Å². The van der Waals surface area contributed by atoms with Crippen molar-refractivity contribution in [3.8, 4) is 28.9 Å². The molecule has 0 N–H and O–H groups in total. The number of pyridine rings is 2. The average molecular weight is 441 g/mol. The smallest absolute Gasteiger partial charge is 0.214 e. The van der Waals surface area contributed by atoms with Crippen LogP contribution in [0.1, 0.15) is 12.5 Å². The first-order chi connectivity index (χ1) is 16.1. The zero-order chi connectivity index (χ0) is 22.8. The minimum Gasteiger partial charge on any atom is -0.473 e. The second-order valence-electron chi connectivity index (χ2n) is 7.27. The Kier molecular flexibility index (Phi) is 5.16. The molecular weight excluding hydrogens is 425 g/mol. The number of benzene rings is 1. The second-order valence-corrected chi connectivity index (χ2v) is 7.27. The third-order valence-electron chi connectivity index (χ3n) is 4.92. The summed E-state index contributed by atoms with van der Waals surface area (Å²) in [6, 6.07) is 13.3. The van der Waals surface area contributed by atoms with Crippen LogP contribution in [0.25, 0.3) is 28.1 Å². The van der Waals surface area contributed by atoms with Crippen LogP contribution < -0.4 is 4.74 Å². The van der Waals surface area contributed by atoms with Gasteiger partial charge in [-0.05, 0) is 53.7 Å². The summed E-state index contributed by atoms with van der Waals surface area (Å²) in [5.74, 6) is -0.0194. The normalized spacial score (nSPS) is 11.9. The fraction of sp³-hybridized carbons (Fsp3) is 0.136. The molecule has 5 rings (SSSR count). The van der Waals surface area contributed by atoms with E-state index in [2.05, 4.69) is 31.6 Å². The van der Waals surface area contributed by atoms with Gasteiger partial charge in [-0.2, -0.15) is 5.26 Å². The summed E-state index contributed by atoms with van der Waals surface area (Å²) in [5.41, 5.74) is 3.25. The van der Waals surface area contributed by atoms with Crippen molar-refractivity contribution in [1.82, 2.24) is 39.7 Å². The molecule has 0 aliphatic heterocycles. The van der Waals surface area contributed by atoms with Crippen molar-refractivity contribution in [1.29, 1.82) is 5.26 Å². The highest BCUT2D eigenvalue weighted by atomic mass is 19.1. The molecule has 0 fully saturated rings. The number of nitriles is 1. The number of halogens is 1. The third kappa shape index (κ3) is 4.09. The van der Waals surface area contributed by atoms with Crippen molar-refractivity contribution in [3.63, 3.8) is 0 Å². The maximum Gasteiger partial charge on any atom is 0.214 e. The molecule has 10 nitrogen and oxygen atoms in total. The highest BCUT2D eigenvalue weighted by Crippen LogP contribution is 2.26. The molecule has 0 bridgehead atoms. The molecule has 11 heteroatoms. The van der Waals surface area contributed by atoms with Crippen LogP contribution in [0.15, 0.2) is 61.3 Å². The highest BCUT2D eigenvalue weighted by Gasteiger charge is 2.14. The Labute approximate surface area is 186 Å². The zero-order valence-corrected chi connectivity index (χ0v) is 17.4. The first-order valence-corrected chi connectivity index (χ1v) is 9.98. The molecule has 4 heterocycles. The predicted octanol–water partition coefficient (Wildman–Crippen LogP) is 2.95. The lowest BCUT2D eigenvalue weighted by Crippen LogP contribution is -2.20. The molecular formula is C22H16FN9O. The molecule has 0 unspecified atom stereocenters. The molecule has 4 aromatic heterocycles. The number of hydrogen-bond acceptors (Lipinski definition) is 8. The molecule has 33 heavy (non-hydrogen) atoms. The third-order valence-corrected chi connectivity index (χ3v) is 4.92. The number of aromatic nitrogens is 8. The molecule has 0 spiro atoms. The largest absolute Gasteiger partial charge is 0.473 e. The van der Waals surface area contributed by atoms with E-state index in [1.165, 1.54) is 30.9 Å². The summed E-state index contributed by atoms with van der Waals surface area (Å²) in [6.45, 7) is 2.36. The van der Waals surface area contributed by atoms with E-state index in [1.807, 2.05) is 25.1 Å². The van der Waals surface area contributed by atoms with E-state index in [-0.39, 0.29) is 6.10 Å². The fourth-order valence-electron chi connectivity index (χ4n) is 3.43. The first kappa shape index (κ1) is 20.2. The standard InChI is InChI=1S/C22H16FN9O/c1-14(11-31-13-27-29-30-31)33-21-8-15(6-7-25-21)18-4-5-19-22(28-18)32(12-26-19)20-9-17(23)3-2-16(20)10-24/h2-9,12-14H,11H2,1H3/t14-/m0/s1. The summed E-state index contributed by atoms with van der Waals surface area (Å²) in [6.07, 6.45) is 4.46. The summed E-state index contributed by atoms with van der Waals surface area (Å²) in [5, 5.41) is 20.5. The number of hydrogen-bond donors (Lipinski definition) is 0. The van der Waals surface area contributed by atoms with Crippen LogP contribution >= 0.6 is 0 Å². The minimum absolute atomic E-state index is 0.217. The average Bonchev–Trinajstić information content (AvgIpc) is 3.48. The maximum atomic E-state index is 13.9. The Morgan fingerprint density at radius 2 is 2.03 bits per heavy atom. The van der Waals surface area contributed by atoms with Crippen LogP contribution in [-0.4, -0.2) is 45.8 Å². The van der Waals surface area contributed by atoms with Gasteiger partial charge in [0.05, 0.1) is 23.5 Å². The van der Waals surface area contributed by atoms with Crippen molar-refractivity contribution in [2.45, 2.75) is 19.6 Å². The van der Waals surface area contributed by atoms with Crippen LogP contribution in [0.4, 0.5) is 4.39 Å². The van der Waals surface area contributed by atoms with Gasteiger partial charge in [0.2, 0.25) is 5.88 Å². The van der Waals surface area contributed by atoms with Crippen LogP contribution in [0.3, 0.4) is 0 Å². The lowest BCUT2D eigenvalue weighted by atomic mass is 10.1. The molecule has 1 aromatic carbocycles. The van der Waals surface area contributed by atoms with Gasteiger partial charge in [0.1, 0.15) is 36.2 Å². The van der Waals surface area contributed by atoms with Gasteiger partial charge in [-0.1, -0.05) is 0 Å². The van der Waals surface area contributed by atoms with E-state index in [0.29, 0.717) is 40.5 Å². The molecule has 0 radical (unpaired) electrons. The molecule has 162 valence electrons. The van der Waals surface area contributed by atoms with Gasteiger partial charge in [-0.25, -0.2) is 24.0 Å². The monoisotopic (exact) mass is 441 g/mol. The van der Waals surface area contributed by atoms with Gasteiger partial charge in [0.25, 0.3) is 0 Å². The van der Waals surface area contributed by atoms with Crippen LogP contribution in [0.5, 0.6) is 5.88 Å². The predicted molar refractivity (Wildman–Crippen MR) is 115 cm³/mol. The van der Waals surface area contributed by atoms with Gasteiger partial charge in [-0.15, -0.1) is 5.10 Å². The fourth-order valence-corrected chi connectivity index (χ4v) is 3.43. The van der Waals surface area contributed by atoms with Gasteiger partial charge in [0, 0.05) is 17.8 Å². The molecule has 0 amide bonds.